The number of benzene rings is 2. The molecule has 0 aliphatic carbocycles. The maximum atomic E-state index is 12.9. The molecule has 0 amide bonds. The lowest BCUT2D eigenvalue weighted by Gasteiger charge is -2.03. The Bertz CT molecular complexity index is 1220. The van der Waals surface area contributed by atoms with E-state index in [9.17, 15) is 9.59 Å². The van der Waals surface area contributed by atoms with Crippen molar-refractivity contribution in [1.82, 2.24) is 4.98 Å². The molecular weight excluding hydrogens is 454 g/mol. The average Bonchev–Trinajstić information content (AvgIpc) is 3.27. The molecule has 0 bridgehead atoms. The lowest BCUT2D eigenvalue weighted by molar-refractivity contribution is -0.134. The standard InChI is InChI=1S/C30H33NO3S/c1-5-6-7-8-9-26-28(35-30(31-26)24-12-10-21(2)11-13-24)18-17-27(32)25-15-14-23(22(3)20-25)16-19-29(33)34-4/h10-20H,5-9H2,1-4H3. The molecule has 0 aliphatic rings. The fraction of sp³-hybridized carbons (Fsp3) is 0.300. The first-order valence-electron chi connectivity index (χ1n) is 12.1. The van der Waals surface area contributed by atoms with Crippen LogP contribution in [0.15, 0.2) is 54.6 Å². The van der Waals surface area contributed by atoms with Crippen LogP contribution in [-0.2, 0) is 16.0 Å². The van der Waals surface area contributed by atoms with Crippen LogP contribution in [0.3, 0.4) is 0 Å². The predicted molar refractivity (Wildman–Crippen MR) is 146 cm³/mol. The summed E-state index contributed by atoms with van der Waals surface area (Å²) in [5.41, 5.74) is 5.79. The molecule has 0 saturated carbocycles. The molecule has 0 atom stereocenters. The molecule has 1 heterocycles. The highest BCUT2D eigenvalue weighted by Gasteiger charge is 2.12. The molecule has 0 unspecified atom stereocenters. The second-order valence-corrected chi connectivity index (χ2v) is 9.66. The van der Waals surface area contributed by atoms with Crippen LogP contribution >= 0.6 is 11.3 Å². The Morgan fingerprint density at radius 3 is 2.43 bits per heavy atom. The van der Waals surface area contributed by atoms with E-state index in [1.54, 1.807) is 29.6 Å². The smallest absolute Gasteiger partial charge is 0.330 e. The number of allylic oxidation sites excluding steroid dienone is 1. The van der Waals surface area contributed by atoms with Gasteiger partial charge in [-0.1, -0.05) is 68.1 Å². The number of ether oxygens (including phenoxy) is 1. The van der Waals surface area contributed by atoms with Crippen LogP contribution in [0.5, 0.6) is 0 Å². The Labute approximate surface area is 212 Å². The molecule has 0 spiro atoms. The number of methoxy groups -OCH3 is 1. The summed E-state index contributed by atoms with van der Waals surface area (Å²) in [4.78, 5) is 30.2. The Kier molecular flexibility index (Phi) is 9.74. The van der Waals surface area contributed by atoms with Crippen LogP contribution in [-0.4, -0.2) is 23.8 Å². The average molecular weight is 488 g/mol. The molecule has 0 saturated heterocycles. The molecule has 3 rings (SSSR count). The number of carbonyl (C=O) groups is 2. The van der Waals surface area contributed by atoms with Gasteiger partial charge in [0.05, 0.1) is 17.7 Å². The van der Waals surface area contributed by atoms with Gasteiger partial charge in [0.1, 0.15) is 5.01 Å². The monoisotopic (exact) mass is 487 g/mol. The van der Waals surface area contributed by atoms with E-state index >= 15 is 0 Å². The molecular formula is C30H33NO3S. The van der Waals surface area contributed by atoms with Gasteiger partial charge in [-0.05, 0) is 62.1 Å². The molecule has 0 N–H and O–H groups in total. The number of ketones is 1. The van der Waals surface area contributed by atoms with E-state index in [1.807, 2.05) is 25.1 Å². The van der Waals surface area contributed by atoms with E-state index < -0.39 is 5.97 Å². The lowest BCUT2D eigenvalue weighted by atomic mass is 10.0. The minimum absolute atomic E-state index is 0.0567. The molecule has 5 heteroatoms. The van der Waals surface area contributed by atoms with Gasteiger partial charge in [-0.15, -0.1) is 11.3 Å². The van der Waals surface area contributed by atoms with Crippen molar-refractivity contribution >= 4 is 35.2 Å². The van der Waals surface area contributed by atoms with Gasteiger partial charge in [-0.3, -0.25) is 4.79 Å². The molecule has 2 aromatic carbocycles. The Hall–Kier alpha value is -3.31. The number of rotatable bonds is 11. The summed E-state index contributed by atoms with van der Waals surface area (Å²) in [6, 6.07) is 13.9. The van der Waals surface area contributed by atoms with Crippen molar-refractivity contribution in [2.24, 2.45) is 0 Å². The molecule has 0 radical (unpaired) electrons. The number of esters is 1. The number of nitrogens with zero attached hydrogens (tertiary/aromatic N) is 1. The molecule has 35 heavy (non-hydrogen) atoms. The second-order valence-electron chi connectivity index (χ2n) is 8.63. The van der Waals surface area contributed by atoms with E-state index in [4.69, 9.17) is 4.98 Å². The number of aromatic nitrogens is 1. The van der Waals surface area contributed by atoms with E-state index in [2.05, 4.69) is 42.8 Å². The summed E-state index contributed by atoms with van der Waals surface area (Å²) >= 11 is 1.63. The van der Waals surface area contributed by atoms with E-state index in [-0.39, 0.29) is 5.78 Å². The van der Waals surface area contributed by atoms with Crippen molar-refractivity contribution in [2.75, 3.05) is 7.11 Å². The van der Waals surface area contributed by atoms with E-state index in [0.717, 1.165) is 45.1 Å². The SMILES string of the molecule is CCCCCCc1nc(-c2ccc(C)cc2)sc1C=CC(=O)c1ccc(C=CC(=O)OC)c(C)c1. The number of thiazole rings is 1. The molecule has 3 aromatic rings. The topological polar surface area (TPSA) is 56.3 Å². The van der Waals surface area contributed by atoms with Crippen LogP contribution in [0.25, 0.3) is 22.7 Å². The molecule has 0 aliphatic heterocycles. The van der Waals surface area contributed by atoms with Gasteiger partial charge < -0.3 is 4.74 Å². The quantitative estimate of drug-likeness (QED) is 0.121. The zero-order valence-electron chi connectivity index (χ0n) is 21.0. The van der Waals surface area contributed by atoms with Crippen molar-refractivity contribution in [3.8, 4) is 10.6 Å². The van der Waals surface area contributed by atoms with Gasteiger partial charge >= 0.3 is 5.97 Å². The fourth-order valence-electron chi connectivity index (χ4n) is 3.70. The summed E-state index contributed by atoms with van der Waals surface area (Å²) in [5, 5.41) is 0.986. The summed E-state index contributed by atoms with van der Waals surface area (Å²) in [7, 11) is 1.34. The highest BCUT2D eigenvalue weighted by atomic mass is 32.1. The maximum absolute atomic E-state index is 12.9. The minimum Gasteiger partial charge on any atom is -0.466 e. The van der Waals surface area contributed by atoms with Crippen molar-refractivity contribution < 1.29 is 14.3 Å². The number of carbonyl (C=O) groups excluding carboxylic acids is 2. The summed E-state index contributed by atoms with van der Waals surface area (Å²) in [6.45, 7) is 6.21. The Balaban J connectivity index is 1.80. The second kappa shape index (κ2) is 13.0. The van der Waals surface area contributed by atoms with Crippen LogP contribution in [0, 0.1) is 13.8 Å². The van der Waals surface area contributed by atoms with Gasteiger partial charge in [0.25, 0.3) is 0 Å². The third kappa shape index (κ3) is 7.59. The van der Waals surface area contributed by atoms with Gasteiger partial charge in [-0.2, -0.15) is 0 Å². The van der Waals surface area contributed by atoms with Crippen molar-refractivity contribution in [3.63, 3.8) is 0 Å². The Morgan fingerprint density at radius 1 is 0.971 bits per heavy atom. The third-order valence-electron chi connectivity index (χ3n) is 5.83. The van der Waals surface area contributed by atoms with Gasteiger partial charge in [-0.25, -0.2) is 9.78 Å². The maximum Gasteiger partial charge on any atom is 0.330 e. The van der Waals surface area contributed by atoms with Crippen molar-refractivity contribution in [1.29, 1.82) is 0 Å². The van der Waals surface area contributed by atoms with Crippen LogP contribution in [0.4, 0.5) is 0 Å². The van der Waals surface area contributed by atoms with Crippen LogP contribution in [0.2, 0.25) is 0 Å². The zero-order chi connectivity index (χ0) is 25.2. The zero-order valence-corrected chi connectivity index (χ0v) is 21.8. The molecule has 1 aromatic heterocycles. The molecule has 4 nitrogen and oxygen atoms in total. The van der Waals surface area contributed by atoms with Gasteiger partial charge in [0, 0.05) is 17.2 Å². The van der Waals surface area contributed by atoms with E-state index in [1.165, 1.54) is 38.0 Å². The fourth-order valence-corrected chi connectivity index (χ4v) is 4.72. The summed E-state index contributed by atoms with van der Waals surface area (Å²) in [5.74, 6) is -0.466. The van der Waals surface area contributed by atoms with Gasteiger partial charge in [0.2, 0.25) is 0 Å². The van der Waals surface area contributed by atoms with E-state index in [0.29, 0.717) is 5.56 Å². The summed E-state index contributed by atoms with van der Waals surface area (Å²) in [6.07, 6.45) is 12.2. The molecule has 182 valence electrons. The van der Waals surface area contributed by atoms with Crippen molar-refractivity contribution in [2.45, 2.75) is 52.9 Å². The number of hydrogen-bond donors (Lipinski definition) is 0. The first kappa shape index (κ1) is 26.3. The lowest BCUT2D eigenvalue weighted by Crippen LogP contribution is -1.97. The number of unbranched alkanes of at least 4 members (excludes halogenated alkanes) is 3. The summed E-state index contributed by atoms with van der Waals surface area (Å²) < 4.78 is 4.64. The van der Waals surface area contributed by atoms with Gasteiger partial charge in [0.15, 0.2) is 5.78 Å². The van der Waals surface area contributed by atoms with Crippen LogP contribution < -0.4 is 0 Å². The normalized spacial score (nSPS) is 11.4. The Morgan fingerprint density at radius 2 is 1.74 bits per heavy atom. The largest absolute Gasteiger partial charge is 0.466 e. The minimum atomic E-state index is -0.410. The predicted octanol–water partition coefficient (Wildman–Crippen LogP) is 7.63. The first-order valence-corrected chi connectivity index (χ1v) is 12.9. The number of hydrogen-bond acceptors (Lipinski definition) is 5. The van der Waals surface area contributed by atoms with Crippen LogP contribution in [0.1, 0.15) is 70.2 Å². The van der Waals surface area contributed by atoms with Crippen molar-refractivity contribution in [3.05, 3.63) is 87.4 Å². The molecule has 0 fully saturated rings. The first-order chi connectivity index (χ1) is 16.9. The highest BCUT2D eigenvalue weighted by molar-refractivity contribution is 7.16. The third-order valence-corrected chi connectivity index (χ3v) is 6.95. The number of aryl methyl sites for hydroxylation is 3. The highest BCUT2D eigenvalue weighted by Crippen LogP contribution is 2.30.